The van der Waals surface area contributed by atoms with Crippen LogP contribution in [0.5, 0.6) is 0 Å². The second-order valence-corrected chi connectivity index (χ2v) is 3.03. The number of rotatable bonds is 4. The van der Waals surface area contributed by atoms with E-state index in [9.17, 15) is 4.79 Å². The Labute approximate surface area is 93.9 Å². The van der Waals surface area contributed by atoms with E-state index in [0.29, 0.717) is 12.4 Å². The van der Waals surface area contributed by atoms with Crippen molar-refractivity contribution in [2.45, 2.75) is 6.92 Å². The van der Waals surface area contributed by atoms with Crippen molar-refractivity contribution in [2.24, 2.45) is 0 Å². The number of hydrogen-bond acceptors (Lipinski definition) is 5. The third-order valence-corrected chi connectivity index (χ3v) is 2.08. The molecule has 0 aliphatic rings. The van der Waals surface area contributed by atoms with E-state index in [0.717, 1.165) is 0 Å². The molecule has 0 aromatic carbocycles. The molecule has 6 heteroatoms. The van der Waals surface area contributed by atoms with Crippen LogP contribution in [-0.4, -0.2) is 36.0 Å². The summed E-state index contributed by atoms with van der Waals surface area (Å²) in [5, 5.41) is 11.4. The fraction of sp³-hybridized carbons (Fsp3) is 0.400. The summed E-state index contributed by atoms with van der Waals surface area (Å²) in [6, 6.07) is 1.95. The molecule has 0 saturated carbocycles. The van der Waals surface area contributed by atoms with Crippen molar-refractivity contribution in [3.8, 4) is 6.07 Å². The van der Waals surface area contributed by atoms with E-state index in [1.165, 1.54) is 12.4 Å². The molecule has 0 radical (unpaired) electrons. The number of carbonyl (C=O) groups is 1. The minimum atomic E-state index is -0.128. The van der Waals surface area contributed by atoms with Crippen molar-refractivity contribution in [1.82, 2.24) is 15.3 Å². The maximum absolute atomic E-state index is 11.3. The van der Waals surface area contributed by atoms with Gasteiger partial charge in [-0.15, -0.1) is 0 Å². The lowest BCUT2D eigenvalue weighted by molar-refractivity contribution is -0.119. The van der Waals surface area contributed by atoms with Crippen molar-refractivity contribution in [1.29, 1.82) is 5.26 Å². The second kappa shape index (κ2) is 5.66. The van der Waals surface area contributed by atoms with Crippen LogP contribution >= 0.6 is 0 Å². The number of carbonyl (C=O) groups excluding carboxylic acids is 1. The zero-order chi connectivity index (χ0) is 12.0. The Kier molecular flexibility index (Phi) is 4.21. The van der Waals surface area contributed by atoms with Crippen LogP contribution < -0.4 is 10.2 Å². The monoisotopic (exact) mass is 219 g/mol. The van der Waals surface area contributed by atoms with Gasteiger partial charge in [-0.2, -0.15) is 5.26 Å². The van der Waals surface area contributed by atoms with Gasteiger partial charge in [-0.1, -0.05) is 0 Å². The quantitative estimate of drug-likeness (QED) is 0.766. The molecule has 1 aromatic heterocycles. The van der Waals surface area contributed by atoms with Crippen molar-refractivity contribution in [3.05, 3.63) is 18.1 Å². The fourth-order valence-corrected chi connectivity index (χ4v) is 1.23. The van der Waals surface area contributed by atoms with Crippen LogP contribution in [0, 0.1) is 11.3 Å². The molecule has 0 atom stereocenters. The lowest BCUT2D eigenvalue weighted by atomic mass is 10.3. The van der Waals surface area contributed by atoms with E-state index >= 15 is 0 Å². The highest BCUT2D eigenvalue weighted by Crippen LogP contribution is 2.12. The fourth-order valence-electron chi connectivity index (χ4n) is 1.23. The Bertz CT molecular complexity index is 412. The van der Waals surface area contributed by atoms with Crippen molar-refractivity contribution in [3.63, 3.8) is 0 Å². The Morgan fingerprint density at radius 3 is 2.81 bits per heavy atom. The summed E-state index contributed by atoms with van der Waals surface area (Å²) in [5.41, 5.74) is 0.230. The normalized spacial score (nSPS) is 9.31. The molecule has 1 heterocycles. The molecule has 6 nitrogen and oxygen atoms in total. The summed E-state index contributed by atoms with van der Waals surface area (Å²) in [6.45, 7) is 2.64. The third-order valence-electron chi connectivity index (χ3n) is 2.08. The van der Waals surface area contributed by atoms with Crippen LogP contribution in [-0.2, 0) is 4.79 Å². The molecule has 1 N–H and O–H groups in total. The first-order valence-corrected chi connectivity index (χ1v) is 4.89. The molecule has 84 valence electrons. The highest BCUT2D eigenvalue weighted by atomic mass is 16.1. The molecule has 16 heavy (non-hydrogen) atoms. The largest absolute Gasteiger partial charge is 0.358 e. The predicted octanol–water partition coefficient (Wildman–Crippen LogP) is -0.0794. The topological polar surface area (TPSA) is 81.9 Å². The summed E-state index contributed by atoms with van der Waals surface area (Å²) in [4.78, 5) is 20.9. The van der Waals surface area contributed by atoms with E-state index in [1.807, 2.05) is 13.0 Å². The van der Waals surface area contributed by atoms with Crippen molar-refractivity contribution < 1.29 is 4.79 Å². The van der Waals surface area contributed by atoms with E-state index in [2.05, 4.69) is 15.3 Å². The van der Waals surface area contributed by atoms with E-state index < -0.39 is 0 Å². The van der Waals surface area contributed by atoms with Gasteiger partial charge in [-0.05, 0) is 6.92 Å². The molecule has 1 rings (SSSR count). The number of nitriles is 1. The number of likely N-dealkylation sites (N-methyl/N-ethyl adjacent to an activating group) is 2. The number of aromatic nitrogens is 2. The molecule has 0 bridgehead atoms. The van der Waals surface area contributed by atoms with E-state index in [1.54, 1.807) is 11.9 Å². The summed E-state index contributed by atoms with van der Waals surface area (Å²) in [5.74, 6) is 0.312. The minimum Gasteiger partial charge on any atom is -0.358 e. The number of nitrogens with zero attached hydrogens (tertiary/aromatic N) is 4. The van der Waals surface area contributed by atoms with Crippen LogP contribution in [0.1, 0.15) is 12.6 Å². The number of anilines is 1. The van der Waals surface area contributed by atoms with Gasteiger partial charge in [-0.25, -0.2) is 9.97 Å². The van der Waals surface area contributed by atoms with E-state index in [-0.39, 0.29) is 18.1 Å². The molecule has 0 fully saturated rings. The van der Waals surface area contributed by atoms with Gasteiger partial charge in [-0.3, -0.25) is 4.79 Å². The number of amides is 1. The third kappa shape index (κ3) is 2.67. The van der Waals surface area contributed by atoms with Crippen LogP contribution in [0.3, 0.4) is 0 Å². The van der Waals surface area contributed by atoms with Gasteiger partial charge in [0, 0.05) is 26.0 Å². The zero-order valence-corrected chi connectivity index (χ0v) is 9.27. The predicted molar refractivity (Wildman–Crippen MR) is 58.7 cm³/mol. The lowest BCUT2D eigenvalue weighted by Gasteiger charge is -2.20. The van der Waals surface area contributed by atoms with Gasteiger partial charge < -0.3 is 10.2 Å². The van der Waals surface area contributed by atoms with Crippen LogP contribution in [0.2, 0.25) is 0 Å². The van der Waals surface area contributed by atoms with Gasteiger partial charge in [0.25, 0.3) is 0 Å². The van der Waals surface area contributed by atoms with Crippen LogP contribution in [0.15, 0.2) is 12.4 Å². The van der Waals surface area contributed by atoms with E-state index in [4.69, 9.17) is 5.26 Å². The maximum atomic E-state index is 11.3. The van der Waals surface area contributed by atoms with Crippen molar-refractivity contribution >= 4 is 11.7 Å². The zero-order valence-electron chi connectivity index (χ0n) is 9.27. The van der Waals surface area contributed by atoms with Crippen LogP contribution in [0.25, 0.3) is 0 Å². The Morgan fingerprint density at radius 2 is 2.25 bits per heavy atom. The number of hydrogen-bond donors (Lipinski definition) is 1. The molecule has 1 amide bonds. The Hall–Kier alpha value is -2.16. The molecule has 0 saturated heterocycles. The van der Waals surface area contributed by atoms with Gasteiger partial charge >= 0.3 is 0 Å². The average molecular weight is 219 g/mol. The summed E-state index contributed by atoms with van der Waals surface area (Å²) < 4.78 is 0. The average Bonchev–Trinajstić information content (AvgIpc) is 2.35. The Morgan fingerprint density at radius 1 is 1.56 bits per heavy atom. The Balaban J connectivity index is 2.95. The summed E-state index contributed by atoms with van der Waals surface area (Å²) in [7, 11) is 1.57. The van der Waals surface area contributed by atoms with Crippen molar-refractivity contribution in [2.75, 3.05) is 25.0 Å². The minimum absolute atomic E-state index is 0.128. The van der Waals surface area contributed by atoms with Gasteiger partial charge in [0.05, 0.1) is 6.54 Å². The summed E-state index contributed by atoms with van der Waals surface area (Å²) >= 11 is 0. The number of nitrogens with one attached hydrogen (secondary N) is 1. The first-order chi connectivity index (χ1) is 7.72. The van der Waals surface area contributed by atoms with Gasteiger partial charge in [0.15, 0.2) is 11.5 Å². The first-order valence-electron chi connectivity index (χ1n) is 4.89. The SMILES string of the molecule is CCN(CC(=O)NC)c1nccnc1C#N. The highest BCUT2D eigenvalue weighted by molar-refractivity contribution is 5.81. The van der Waals surface area contributed by atoms with Crippen LogP contribution in [0.4, 0.5) is 5.82 Å². The lowest BCUT2D eigenvalue weighted by Crippen LogP contribution is -2.36. The molecule has 0 aliphatic carbocycles. The van der Waals surface area contributed by atoms with Gasteiger partial charge in [0.2, 0.25) is 5.91 Å². The van der Waals surface area contributed by atoms with Gasteiger partial charge in [0.1, 0.15) is 6.07 Å². The molecule has 0 unspecified atom stereocenters. The molecular formula is C10H13N5O. The standard InChI is InChI=1S/C10H13N5O/c1-3-15(7-9(16)12-2)10-8(6-11)13-4-5-14-10/h4-5H,3,7H2,1-2H3,(H,12,16). The highest BCUT2D eigenvalue weighted by Gasteiger charge is 2.14. The molecular weight excluding hydrogens is 206 g/mol. The maximum Gasteiger partial charge on any atom is 0.239 e. The summed E-state index contributed by atoms with van der Waals surface area (Å²) in [6.07, 6.45) is 2.96. The molecule has 0 aliphatic heterocycles. The first kappa shape index (κ1) is 11.9. The molecule has 0 spiro atoms. The smallest absolute Gasteiger partial charge is 0.239 e. The molecule has 1 aromatic rings. The second-order valence-electron chi connectivity index (χ2n) is 3.03.